The number of hydrogen-bond donors (Lipinski definition) is 1. The van der Waals surface area contributed by atoms with Gasteiger partial charge in [0.2, 0.25) is 5.82 Å². The molecule has 7 heteroatoms. The summed E-state index contributed by atoms with van der Waals surface area (Å²) in [4.78, 5) is 17.3. The molecule has 1 heterocycles. The largest absolute Gasteiger partial charge is 0.497 e. The van der Waals surface area contributed by atoms with Crippen LogP contribution in [0.25, 0.3) is 17.1 Å². The quantitative estimate of drug-likeness (QED) is 0.500. The Kier molecular flexibility index (Phi) is 5.49. The van der Waals surface area contributed by atoms with Crippen molar-refractivity contribution in [1.82, 2.24) is 14.8 Å². The van der Waals surface area contributed by atoms with E-state index in [1.54, 1.807) is 36.1 Å². The Morgan fingerprint density at radius 2 is 1.68 bits per heavy atom. The molecule has 0 atom stereocenters. The zero-order chi connectivity index (χ0) is 22.0. The van der Waals surface area contributed by atoms with Crippen molar-refractivity contribution in [2.75, 3.05) is 12.4 Å². The Labute approximate surface area is 179 Å². The fraction of sp³-hybridized carbons (Fsp3) is 0.125. The van der Waals surface area contributed by atoms with Gasteiger partial charge in [-0.15, -0.1) is 5.10 Å². The smallest absolute Gasteiger partial charge is 0.295 e. The van der Waals surface area contributed by atoms with E-state index in [0.29, 0.717) is 28.5 Å². The van der Waals surface area contributed by atoms with Crippen LogP contribution in [-0.4, -0.2) is 27.8 Å². The number of benzene rings is 3. The Hall–Kier alpha value is -4.00. The third-order valence-corrected chi connectivity index (χ3v) is 4.99. The van der Waals surface area contributed by atoms with Crippen LogP contribution >= 0.6 is 0 Å². The van der Waals surface area contributed by atoms with Crippen molar-refractivity contribution >= 4 is 11.6 Å². The maximum Gasteiger partial charge on any atom is 0.295 e. The highest BCUT2D eigenvalue weighted by Gasteiger charge is 2.19. The second-order valence-electron chi connectivity index (χ2n) is 7.13. The molecule has 0 aliphatic rings. The van der Waals surface area contributed by atoms with Crippen molar-refractivity contribution in [2.45, 2.75) is 13.8 Å². The highest BCUT2D eigenvalue weighted by atomic mass is 19.1. The fourth-order valence-electron chi connectivity index (χ4n) is 3.10. The summed E-state index contributed by atoms with van der Waals surface area (Å²) in [6.45, 7) is 3.99. The van der Waals surface area contributed by atoms with Crippen LogP contribution in [0.2, 0.25) is 0 Å². The number of carbonyl (C=O) groups excluding carboxylic acids is 1. The number of halogens is 1. The number of aryl methyl sites for hydroxylation is 2. The highest BCUT2D eigenvalue weighted by molar-refractivity contribution is 6.01. The van der Waals surface area contributed by atoms with Crippen molar-refractivity contribution in [3.8, 4) is 22.8 Å². The summed E-state index contributed by atoms with van der Waals surface area (Å²) in [5, 5.41) is 7.27. The van der Waals surface area contributed by atoms with Crippen molar-refractivity contribution in [1.29, 1.82) is 0 Å². The molecule has 31 heavy (non-hydrogen) atoms. The molecule has 0 spiro atoms. The minimum Gasteiger partial charge on any atom is -0.497 e. The SMILES string of the molecule is COc1ccc(-n2nc(C(=O)Nc3ccc(C)c(C)c3)nc2-c2ccc(F)cc2)cc1. The van der Waals surface area contributed by atoms with E-state index in [1.165, 1.54) is 12.1 Å². The van der Waals surface area contributed by atoms with Crippen LogP contribution in [0.15, 0.2) is 66.7 Å². The molecule has 1 N–H and O–H groups in total. The van der Waals surface area contributed by atoms with Gasteiger partial charge in [0.1, 0.15) is 11.6 Å². The lowest BCUT2D eigenvalue weighted by molar-refractivity contribution is 0.101. The topological polar surface area (TPSA) is 69.0 Å². The number of amides is 1. The number of aromatic nitrogens is 3. The summed E-state index contributed by atoms with van der Waals surface area (Å²) in [7, 11) is 1.59. The van der Waals surface area contributed by atoms with Crippen LogP contribution in [0.3, 0.4) is 0 Å². The zero-order valence-electron chi connectivity index (χ0n) is 17.4. The minimum atomic E-state index is -0.432. The van der Waals surface area contributed by atoms with Crippen LogP contribution in [-0.2, 0) is 0 Å². The van der Waals surface area contributed by atoms with Gasteiger partial charge in [-0.3, -0.25) is 4.79 Å². The van der Waals surface area contributed by atoms with Gasteiger partial charge in [-0.2, -0.15) is 0 Å². The van der Waals surface area contributed by atoms with Crippen molar-refractivity contribution in [2.24, 2.45) is 0 Å². The molecular formula is C24H21FN4O2. The second kappa shape index (κ2) is 8.39. The molecule has 0 bridgehead atoms. The molecule has 0 saturated heterocycles. The molecule has 0 saturated carbocycles. The first-order valence-electron chi connectivity index (χ1n) is 9.70. The summed E-state index contributed by atoms with van der Waals surface area (Å²) in [5.41, 5.74) is 4.20. The van der Waals surface area contributed by atoms with E-state index in [2.05, 4.69) is 15.4 Å². The summed E-state index contributed by atoms with van der Waals surface area (Å²) < 4.78 is 20.2. The zero-order valence-corrected chi connectivity index (χ0v) is 17.4. The minimum absolute atomic E-state index is 0.00775. The van der Waals surface area contributed by atoms with Crippen molar-refractivity contribution in [3.63, 3.8) is 0 Å². The predicted molar refractivity (Wildman–Crippen MR) is 117 cm³/mol. The average molecular weight is 416 g/mol. The van der Waals surface area contributed by atoms with Gasteiger partial charge >= 0.3 is 0 Å². The van der Waals surface area contributed by atoms with E-state index in [-0.39, 0.29) is 11.6 Å². The van der Waals surface area contributed by atoms with Crippen LogP contribution in [0.1, 0.15) is 21.7 Å². The van der Waals surface area contributed by atoms with Gasteiger partial charge in [-0.25, -0.2) is 14.1 Å². The molecule has 0 unspecified atom stereocenters. The van der Waals surface area contributed by atoms with Gasteiger partial charge in [0.05, 0.1) is 12.8 Å². The second-order valence-corrected chi connectivity index (χ2v) is 7.13. The summed E-state index contributed by atoms with van der Waals surface area (Å²) in [5.74, 6) is 0.342. The van der Waals surface area contributed by atoms with Gasteiger partial charge in [-0.1, -0.05) is 6.07 Å². The lowest BCUT2D eigenvalue weighted by Gasteiger charge is -2.07. The van der Waals surface area contributed by atoms with E-state index in [1.807, 2.05) is 44.2 Å². The first kappa shape index (κ1) is 20.3. The molecule has 1 amide bonds. The van der Waals surface area contributed by atoms with E-state index in [0.717, 1.165) is 11.1 Å². The lowest BCUT2D eigenvalue weighted by Crippen LogP contribution is -2.14. The van der Waals surface area contributed by atoms with Gasteiger partial charge in [0, 0.05) is 11.3 Å². The van der Waals surface area contributed by atoms with Crippen molar-refractivity contribution < 1.29 is 13.9 Å². The molecular weight excluding hydrogens is 395 g/mol. The molecule has 156 valence electrons. The van der Waals surface area contributed by atoms with Crippen LogP contribution in [0, 0.1) is 19.7 Å². The van der Waals surface area contributed by atoms with Crippen LogP contribution in [0.5, 0.6) is 5.75 Å². The summed E-state index contributed by atoms with van der Waals surface area (Å²) in [6.07, 6.45) is 0. The lowest BCUT2D eigenvalue weighted by atomic mass is 10.1. The molecule has 0 aliphatic carbocycles. The average Bonchev–Trinajstić information content (AvgIpc) is 3.22. The molecule has 3 aromatic carbocycles. The molecule has 0 aliphatic heterocycles. The molecule has 0 radical (unpaired) electrons. The fourth-order valence-corrected chi connectivity index (χ4v) is 3.10. The first-order valence-corrected chi connectivity index (χ1v) is 9.70. The van der Waals surface area contributed by atoms with Crippen LogP contribution in [0.4, 0.5) is 10.1 Å². The Balaban J connectivity index is 1.73. The molecule has 4 rings (SSSR count). The Bertz CT molecular complexity index is 1230. The maximum atomic E-state index is 13.4. The number of nitrogens with zero attached hydrogens (tertiary/aromatic N) is 3. The van der Waals surface area contributed by atoms with E-state index in [9.17, 15) is 9.18 Å². The predicted octanol–water partition coefficient (Wildman–Crippen LogP) is 4.95. The van der Waals surface area contributed by atoms with Gasteiger partial charge < -0.3 is 10.1 Å². The van der Waals surface area contributed by atoms with Gasteiger partial charge in [0.25, 0.3) is 5.91 Å². The Morgan fingerprint density at radius 1 is 0.968 bits per heavy atom. The third kappa shape index (κ3) is 4.30. The van der Waals surface area contributed by atoms with E-state index < -0.39 is 5.91 Å². The standard InChI is InChI=1S/C24H21FN4O2/c1-15-4-9-19(14-16(15)2)26-24(30)22-27-23(17-5-7-18(25)8-6-17)29(28-22)20-10-12-21(31-3)13-11-20/h4-14H,1-3H3,(H,26,30). The van der Waals surface area contributed by atoms with Gasteiger partial charge in [0.15, 0.2) is 5.82 Å². The number of nitrogens with one attached hydrogen (secondary N) is 1. The number of methoxy groups -OCH3 is 1. The summed E-state index contributed by atoms with van der Waals surface area (Å²) >= 11 is 0. The van der Waals surface area contributed by atoms with Gasteiger partial charge in [-0.05, 0) is 85.6 Å². The number of ether oxygens (including phenoxy) is 1. The summed E-state index contributed by atoms with van der Waals surface area (Å²) in [6, 6.07) is 18.8. The normalized spacial score (nSPS) is 10.7. The number of carbonyl (C=O) groups is 1. The maximum absolute atomic E-state index is 13.4. The third-order valence-electron chi connectivity index (χ3n) is 4.99. The van der Waals surface area contributed by atoms with E-state index in [4.69, 9.17) is 4.74 Å². The Morgan fingerprint density at radius 3 is 2.32 bits per heavy atom. The molecule has 4 aromatic rings. The van der Waals surface area contributed by atoms with E-state index >= 15 is 0 Å². The number of rotatable bonds is 5. The number of hydrogen-bond acceptors (Lipinski definition) is 4. The highest BCUT2D eigenvalue weighted by Crippen LogP contribution is 2.24. The van der Waals surface area contributed by atoms with Crippen molar-refractivity contribution in [3.05, 3.63) is 89.5 Å². The first-order chi connectivity index (χ1) is 14.9. The molecule has 0 fully saturated rings. The monoisotopic (exact) mass is 416 g/mol. The van der Waals surface area contributed by atoms with Crippen LogP contribution < -0.4 is 10.1 Å². The molecule has 1 aromatic heterocycles. The molecule has 6 nitrogen and oxygen atoms in total. The number of anilines is 1.